The second-order valence-electron chi connectivity index (χ2n) is 3.83. The minimum absolute atomic E-state index is 0.0375. The van der Waals surface area contributed by atoms with E-state index in [-0.39, 0.29) is 19.1 Å². The fraction of sp³-hybridized carbons (Fsp3) is 0.308. The van der Waals surface area contributed by atoms with Gasteiger partial charge < -0.3 is 10.1 Å². The van der Waals surface area contributed by atoms with Gasteiger partial charge in [0.15, 0.2) is 6.61 Å². The molecule has 0 radical (unpaired) electrons. The van der Waals surface area contributed by atoms with E-state index >= 15 is 0 Å². The molecule has 0 saturated heterocycles. The fourth-order valence-corrected chi connectivity index (χ4v) is 1.61. The van der Waals surface area contributed by atoms with Crippen LogP contribution in [0.2, 0.25) is 0 Å². The smallest absolute Gasteiger partial charge is 0.258 e. The zero-order chi connectivity index (χ0) is 13.5. The number of amides is 1. The van der Waals surface area contributed by atoms with Crippen LogP contribution in [0, 0.1) is 25.2 Å². The Morgan fingerprint density at radius 2 is 2.06 bits per heavy atom. The van der Waals surface area contributed by atoms with Gasteiger partial charge in [0.1, 0.15) is 18.6 Å². The maximum absolute atomic E-state index is 11.3. The van der Waals surface area contributed by atoms with Crippen LogP contribution in [0.5, 0.6) is 5.75 Å². The van der Waals surface area contributed by atoms with Crippen molar-refractivity contribution in [3.05, 3.63) is 28.8 Å². The third-order valence-corrected chi connectivity index (χ3v) is 2.33. The van der Waals surface area contributed by atoms with Crippen LogP contribution in [0.15, 0.2) is 12.1 Å². The number of aldehydes is 1. The van der Waals surface area contributed by atoms with E-state index in [2.05, 4.69) is 5.32 Å². The molecular weight excluding hydrogens is 232 g/mol. The van der Waals surface area contributed by atoms with Crippen LogP contribution in [0.1, 0.15) is 21.5 Å². The molecule has 0 saturated carbocycles. The highest BCUT2D eigenvalue weighted by Crippen LogP contribution is 2.24. The summed E-state index contributed by atoms with van der Waals surface area (Å²) in [7, 11) is 0. The lowest BCUT2D eigenvalue weighted by atomic mass is 10.1. The SMILES string of the molecule is Cc1cc(C=O)cc(C)c1OCC(=O)NCC#N. The summed E-state index contributed by atoms with van der Waals surface area (Å²) in [6.45, 7) is 3.43. The zero-order valence-electron chi connectivity index (χ0n) is 10.3. The summed E-state index contributed by atoms with van der Waals surface area (Å²) in [6.07, 6.45) is 0.767. The summed E-state index contributed by atoms with van der Waals surface area (Å²) in [4.78, 5) is 21.9. The number of nitriles is 1. The summed E-state index contributed by atoms with van der Waals surface area (Å²) in [5.41, 5.74) is 2.17. The number of hydrogen-bond acceptors (Lipinski definition) is 4. The van der Waals surface area contributed by atoms with E-state index in [1.54, 1.807) is 12.1 Å². The Labute approximate surface area is 105 Å². The van der Waals surface area contributed by atoms with Crippen molar-refractivity contribution in [2.75, 3.05) is 13.2 Å². The van der Waals surface area contributed by atoms with Crippen molar-refractivity contribution in [2.24, 2.45) is 0 Å². The van der Waals surface area contributed by atoms with Crippen molar-refractivity contribution >= 4 is 12.2 Å². The number of benzene rings is 1. The summed E-state index contributed by atoms with van der Waals surface area (Å²) < 4.78 is 5.39. The first-order valence-electron chi connectivity index (χ1n) is 5.41. The predicted molar refractivity (Wildman–Crippen MR) is 65.4 cm³/mol. The molecule has 0 spiro atoms. The number of rotatable bonds is 5. The Morgan fingerprint density at radius 3 is 2.56 bits per heavy atom. The number of nitrogens with zero attached hydrogens (tertiary/aromatic N) is 1. The molecular formula is C13H14N2O3. The molecule has 1 amide bonds. The number of aryl methyl sites for hydroxylation is 2. The number of nitrogens with one attached hydrogen (secondary N) is 1. The minimum Gasteiger partial charge on any atom is -0.483 e. The molecule has 0 bridgehead atoms. The second-order valence-corrected chi connectivity index (χ2v) is 3.83. The van der Waals surface area contributed by atoms with Crippen LogP contribution >= 0.6 is 0 Å². The molecule has 5 heteroatoms. The quantitative estimate of drug-likeness (QED) is 0.624. The molecule has 0 unspecified atom stereocenters. The molecule has 1 aromatic carbocycles. The summed E-state index contributed by atoms with van der Waals surface area (Å²) in [5.74, 6) is 0.238. The van der Waals surface area contributed by atoms with E-state index in [9.17, 15) is 9.59 Å². The number of carbonyl (C=O) groups excluding carboxylic acids is 2. The van der Waals surface area contributed by atoms with Crippen LogP contribution in [0.4, 0.5) is 0 Å². The topological polar surface area (TPSA) is 79.2 Å². The van der Waals surface area contributed by atoms with Crippen LogP contribution < -0.4 is 10.1 Å². The fourth-order valence-electron chi connectivity index (χ4n) is 1.61. The monoisotopic (exact) mass is 246 g/mol. The first-order valence-corrected chi connectivity index (χ1v) is 5.41. The standard InChI is InChI=1S/C13H14N2O3/c1-9-5-11(7-16)6-10(2)13(9)18-8-12(17)15-4-3-14/h5-7H,4,8H2,1-2H3,(H,15,17). The third-order valence-electron chi connectivity index (χ3n) is 2.33. The molecule has 0 fully saturated rings. The van der Waals surface area contributed by atoms with E-state index < -0.39 is 0 Å². The number of carbonyl (C=O) groups is 2. The van der Waals surface area contributed by atoms with Gasteiger partial charge in [-0.05, 0) is 37.1 Å². The van der Waals surface area contributed by atoms with Gasteiger partial charge >= 0.3 is 0 Å². The van der Waals surface area contributed by atoms with Gasteiger partial charge in [-0.1, -0.05) is 0 Å². The lowest BCUT2D eigenvalue weighted by Crippen LogP contribution is -2.29. The Kier molecular flexibility index (Phi) is 4.88. The summed E-state index contributed by atoms with van der Waals surface area (Å²) >= 11 is 0. The van der Waals surface area contributed by atoms with Crippen molar-refractivity contribution in [3.8, 4) is 11.8 Å². The lowest BCUT2D eigenvalue weighted by Gasteiger charge is -2.12. The maximum atomic E-state index is 11.3. The number of ether oxygens (including phenoxy) is 1. The highest BCUT2D eigenvalue weighted by molar-refractivity contribution is 5.78. The first-order chi connectivity index (χ1) is 8.58. The van der Waals surface area contributed by atoms with E-state index in [0.29, 0.717) is 11.3 Å². The van der Waals surface area contributed by atoms with Crippen LogP contribution in [-0.4, -0.2) is 25.3 Å². The zero-order valence-corrected chi connectivity index (χ0v) is 10.3. The molecule has 0 aliphatic rings. The Morgan fingerprint density at radius 1 is 1.44 bits per heavy atom. The van der Waals surface area contributed by atoms with E-state index in [1.165, 1.54) is 0 Å². The van der Waals surface area contributed by atoms with Gasteiger partial charge in [0.05, 0.1) is 6.07 Å². The van der Waals surface area contributed by atoms with Crippen molar-refractivity contribution in [2.45, 2.75) is 13.8 Å². The highest BCUT2D eigenvalue weighted by atomic mass is 16.5. The number of hydrogen-bond donors (Lipinski definition) is 1. The van der Waals surface area contributed by atoms with E-state index in [0.717, 1.165) is 17.4 Å². The third kappa shape index (κ3) is 3.59. The molecule has 0 aromatic heterocycles. The average Bonchev–Trinajstić information content (AvgIpc) is 2.34. The van der Waals surface area contributed by atoms with Crippen LogP contribution in [0.25, 0.3) is 0 Å². The summed E-state index contributed by atoms with van der Waals surface area (Å²) in [5, 5.41) is 10.7. The van der Waals surface area contributed by atoms with Crippen molar-refractivity contribution in [1.82, 2.24) is 5.32 Å². The van der Waals surface area contributed by atoms with E-state index in [4.69, 9.17) is 10.00 Å². The second kappa shape index (κ2) is 6.40. The normalized spacial score (nSPS) is 9.39. The Balaban J connectivity index is 2.71. The first kappa shape index (κ1) is 13.7. The molecule has 0 atom stereocenters. The summed E-state index contributed by atoms with van der Waals surface area (Å²) in [6, 6.07) is 5.20. The predicted octanol–water partition coefficient (Wildman–Crippen LogP) is 1.13. The van der Waals surface area contributed by atoms with Gasteiger partial charge in [-0.3, -0.25) is 9.59 Å². The van der Waals surface area contributed by atoms with Gasteiger partial charge in [0, 0.05) is 5.56 Å². The van der Waals surface area contributed by atoms with Crippen LogP contribution in [0.3, 0.4) is 0 Å². The van der Waals surface area contributed by atoms with Gasteiger partial charge in [-0.2, -0.15) is 5.26 Å². The Hall–Kier alpha value is -2.35. The van der Waals surface area contributed by atoms with Crippen molar-refractivity contribution in [3.63, 3.8) is 0 Å². The van der Waals surface area contributed by atoms with Crippen molar-refractivity contribution in [1.29, 1.82) is 5.26 Å². The molecule has 0 heterocycles. The van der Waals surface area contributed by atoms with E-state index in [1.807, 2.05) is 19.9 Å². The van der Waals surface area contributed by atoms with Gasteiger partial charge in [-0.25, -0.2) is 0 Å². The molecule has 1 rings (SSSR count). The lowest BCUT2D eigenvalue weighted by molar-refractivity contribution is -0.122. The van der Waals surface area contributed by atoms with Crippen molar-refractivity contribution < 1.29 is 14.3 Å². The highest BCUT2D eigenvalue weighted by Gasteiger charge is 2.08. The molecule has 18 heavy (non-hydrogen) atoms. The largest absolute Gasteiger partial charge is 0.483 e. The molecule has 1 N–H and O–H groups in total. The molecule has 5 nitrogen and oxygen atoms in total. The van der Waals surface area contributed by atoms with Gasteiger partial charge in [0.25, 0.3) is 5.91 Å². The van der Waals surface area contributed by atoms with Gasteiger partial charge in [-0.15, -0.1) is 0 Å². The minimum atomic E-state index is -0.352. The molecule has 0 aliphatic carbocycles. The molecule has 0 aliphatic heterocycles. The molecule has 94 valence electrons. The molecule has 1 aromatic rings. The maximum Gasteiger partial charge on any atom is 0.258 e. The van der Waals surface area contributed by atoms with Gasteiger partial charge in [0.2, 0.25) is 0 Å². The van der Waals surface area contributed by atoms with Crippen LogP contribution in [-0.2, 0) is 4.79 Å². The average molecular weight is 246 g/mol. The Bertz CT molecular complexity index is 480.